The molecule has 0 saturated carbocycles. The van der Waals surface area contributed by atoms with Crippen LogP contribution >= 0.6 is 0 Å². The van der Waals surface area contributed by atoms with Gasteiger partial charge in [-0.25, -0.2) is 0 Å². The van der Waals surface area contributed by atoms with Crippen molar-refractivity contribution in [2.45, 2.75) is 6.42 Å². The minimum Gasteiger partial charge on any atom is -0.357 e. The van der Waals surface area contributed by atoms with Crippen LogP contribution < -0.4 is 5.32 Å². The molecule has 4 heteroatoms. The highest BCUT2D eigenvalue weighted by Gasteiger charge is 2.12. The van der Waals surface area contributed by atoms with E-state index >= 15 is 0 Å². The van der Waals surface area contributed by atoms with Gasteiger partial charge in [-0.2, -0.15) is 0 Å². The summed E-state index contributed by atoms with van der Waals surface area (Å²) in [5, 5.41) is 3.31. The third-order valence-electron chi connectivity index (χ3n) is 3.02. The van der Waals surface area contributed by atoms with Crippen molar-refractivity contribution in [1.82, 2.24) is 14.8 Å². The standard InChI is InChI=1S/C12H19N3O/c1-14-6-2-11(10-14)12(16)3-7-15-8-4-13-5-9-15/h2,6,10,13H,3-5,7-9H2,1H3. The maximum atomic E-state index is 11.8. The summed E-state index contributed by atoms with van der Waals surface area (Å²) in [7, 11) is 1.94. The van der Waals surface area contributed by atoms with Crippen molar-refractivity contribution in [3.05, 3.63) is 24.0 Å². The van der Waals surface area contributed by atoms with Gasteiger partial charge in [-0.1, -0.05) is 0 Å². The lowest BCUT2D eigenvalue weighted by Crippen LogP contribution is -2.44. The number of nitrogens with zero attached hydrogens (tertiary/aromatic N) is 2. The number of ketones is 1. The van der Waals surface area contributed by atoms with Crippen molar-refractivity contribution in [3.8, 4) is 0 Å². The first kappa shape index (κ1) is 11.4. The average Bonchev–Trinajstić information content (AvgIpc) is 2.74. The zero-order chi connectivity index (χ0) is 11.4. The number of aryl methyl sites for hydroxylation is 1. The maximum absolute atomic E-state index is 11.8. The normalized spacial score (nSPS) is 17.6. The highest BCUT2D eigenvalue weighted by atomic mass is 16.1. The van der Waals surface area contributed by atoms with Crippen LogP contribution in [0.5, 0.6) is 0 Å². The third kappa shape index (κ3) is 2.93. The Morgan fingerprint density at radius 2 is 2.19 bits per heavy atom. The van der Waals surface area contributed by atoms with E-state index in [1.54, 1.807) is 0 Å². The van der Waals surface area contributed by atoms with E-state index < -0.39 is 0 Å². The second kappa shape index (κ2) is 5.27. The Hall–Kier alpha value is -1.13. The summed E-state index contributed by atoms with van der Waals surface area (Å²) < 4.78 is 1.91. The Morgan fingerprint density at radius 1 is 1.44 bits per heavy atom. The topological polar surface area (TPSA) is 37.3 Å². The lowest BCUT2D eigenvalue weighted by atomic mass is 10.1. The van der Waals surface area contributed by atoms with Gasteiger partial charge in [0.25, 0.3) is 0 Å². The predicted octanol–water partition coefficient (Wildman–Crippen LogP) is 0.503. The summed E-state index contributed by atoms with van der Waals surface area (Å²) >= 11 is 0. The second-order valence-corrected chi connectivity index (χ2v) is 4.33. The fourth-order valence-electron chi connectivity index (χ4n) is 2.01. The SMILES string of the molecule is Cn1ccc(C(=O)CCN2CCNCC2)c1. The Morgan fingerprint density at radius 3 is 2.81 bits per heavy atom. The molecule has 0 spiro atoms. The van der Waals surface area contributed by atoms with E-state index in [1.807, 2.05) is 30.1 Å². The van der Waals surface area contributed by atoms with Crippen LogP contribution in [0.15, 0.2) is 18.5 Å². The molecule has 4 nitrogen and oxygen atoms in total. The Labute approximate surface area is 96.2 Å². The van der Waals surface area contributed by atoms with Crippen LogP contribution in [0.4, 0.5) is 0 Å². The molecule has 88 valence electrons. The molecule has 0 bridgehead atoms. The molecule has 0 radical (unpaired) electrons. The number of rotatable bonds is 4. The first-order valence-electron chi connectivity index (χ1n) is 5.84. The van der Waals surface area contributed by atoms with Gasteiger partial charge in [0.1, 0.15) is 0 Å². The lowest BCUT2D eigenvalue weighted by molar-refractivity contribution is 0.0960. The fraction of sp³-hybridized carbons (Fsp3) is 0.583. The van der Waals surface area contributed by atoms with Crippen LogP contribution in [0, 0.1) is 0 Å². The Kier molecular flexibility index (Phi) is 3.74. The maximum Gasteiger partial charge on any atom is 0.165 e. The first-order valence-corrected chi connectivity index (χ1v) is 5.84. The molecule has 0 amide bonds. The highest BCUT2D eigenvalue weighted by molar-refractivity contribution is 5.96. The van der Waals surface area contributed by atoms with Gasteiger partial charge in [-0.3, -0.25) is 4.79 Å². The van der Waals surface area contributed by atoms with Crippen LogP contribution in [0.1, 0.15) is 16.8 Å². The minimum atomic E-state index is 0.249. The van der Waals surface area contributed by atoms with Gasteiger partial charge in [0.05, 0.1) is 0 Å². The molecule has 0 atom stereocenters. The largest absolute Gasteiger partial charge is 0.357 e. The van der Waals surface area contributed by atoms with Crippen molar-refractivity contribution >= 4 is 5.78 Å². The van der Waals surface area contributed by atoms with E-state index in [1.165, 1.54) is 0 Å². The van der Waals surface area contributed by atoms with Crippen LogP contribution in [-0.4, -0.2) is 48.0 Å². The number of aromatic nitrogens is 1. The summed E-state index contributed by atoms with van der Waals surface area (Å²) in [5.41, 5.74) is 0.831. The highest BCUT2D eigenvalue weighted by Crippen LogP contribution is 2.05. The summed E-state index contributed by atoms with van der Waals surface area (Å²) in [6, 6.07) is 1.89. The molecule has 1 aliphatic rings. The molecule has 0 aromatic carbocycles. The van der Waals surface area contributed by atoms with E-state index in [4.69, 9.17) is 0 Å². The van der Waals surface area contributed by atoms with Crippen molar-refractivity contribution in [2.24, 2.45) is 7.05 Å². The van der Waals surface area contributed by atoms with Gasteiger partial charge in [0.15, 0.2) is 5.78 Å². The lowest BCUT2D eigenvalue weighted by Gasteiger charge is -2.26. The fourth-order valence-corrected chi connectivity index (χ4v) is 2.01. The first-order chi connectivity index (χ1) is 7.75. The molecule has 1 saturated heterocycles. The van der Waals surface area contributed by atoms with E-state index in [-0.39, 0.29) is 5.78 Å². The van der Waals surface area contributed by atoms with E-state index in [2.05, 4.69) is 10.2 Å². The van der Waals surface area contributed by atoms with Gasteiger partial charge in [0.2, 0.25) is 0 Å². The summed E-state index contributed by atoms with van der Waals surface area (Å²) in [5.74, 6) is 0.249. The van der Waals surface area contributed by atoms with Crippen LogP contribution in [0.3, 0.4) is 0 Å². The number of piperazine rings is 1. The quantitative estimate of drug-likeness (QED) is 0.752. The third-order valence-corrected chi connectivity index (χ3v) is 3.02. The molecule has 1 N–H and O–H groups in total. The minimum absolute atomic E-state index is 0.249. The average molecular weight is 221 g/mol. The van der Waals surface area contributed by atoms with Crippen LogP contribution in [0.2, 0.25) is 0 Å². The van der Waals surface area contributed by atoms with E-state index in [0.717, 1.165) is 38.3 Å². The summed E-state index contributed by atoms with van der Waals surface area (Å²) in [4.78, 5) is 14.2. The molecule has 16 heavy (non-hydrogen) atoms. The number of Topliss-reactive ketones (excluding diaryl/α,β-unsaturated/α-hetero) is 1. The molecule has 0 unspecified atom stereocenters. The summed E-state index contributed by atoms with van der Waals surface area (Å²) in [6.07, 6.45) is 4.43. The zero-order valence-electron chi connectivity index (χ0n) is 9.78. The van der Waals surface area contributed by atoms with Crippen molar-refractivity contribution in [1.29, 1.82) is 0 Å². The van der Waals surface area contributed by atoms with Gasteiger partial charge in [0, 0.05) is 64.1 Å². The monoisotopic (exact) mass is 221 g/mol. The van der Waals surface area contributed by atoms with Gasteiger partial charge < -0.3 is 14.8 Å². The molecule has 1 aliphatic heterocycles. The number of hydrogen-bond acceptors (Lipinski definition) is 3. The number of carbonyl (C=O) groups excluding carboxylic acids is 1. The molecule has 1 fully saturated rings. The molecule has 2 rings (SSSR count). The molecule has 2 heterocycles. The van der Waals surface area contributed by atoms with Gasteiger partial charge >= 0.3 is 0 Å². The zero-order valence-corrected chi connectivity index (χ0v) is 9.78. The Bertz CT molecular complexity index is 353. The predicted molar refractivity (Wildman–Crippen MR) is 63.7 cm³/mol. The Balaban J connectivity index is 1.79. The van der Waals surface area contributed by atoms with Crippen LogP contribution in [-0.2, 0) is 7.05 Å². The number of carbonyl (C=O) groups is 1. The molecule has 1 aromatic heterocycles. The summed E-state index contributed by atoms with van der Waals surface area (Å²) in [6.45, 7) is 5.08. The number of hydrogen-bond donors (Lipinski definition) is 1. The molecule has 1 aromatic rings. The molecule has 0 aliphatic carbocycles. The number of nitrogens with one attached hydrogen (secondary N) is 1. The van der Waals surface area contributed by atoms with E-state index in [9.17, 15) is 4.79 Å². The van der Waals surface area contributed by atoms with Crippen molar-refractivity contribution in [2.75, 3.05) is 32.7 Å². The molecular formula is C12H19N3O. The smallest absolute Gasteiger partial charge is 0.165 e. The van der Waals surface area contributed by atoms with Crippen molar-refractivity contribution in [3.63, 3.8) is 0 Å². The van der Waals surface area contributed by atoms with Gasteiger partial charge in [-0.05, 0) is 6.07 Å². The van der Waals surface area contributed by atoms with Crippen molar-refractivity contribution < 1.29 is 4.79 Å². The molecular weight excluding hydrogens is 202 g/mol. The van der Waals surface area contributed by atoms with Crippen LogP contribution in [0.25, 0.3) is 0 Å². The van der Waals surface area contributed by atoms with E-state index in [0.29, 0.717) is 6.42 Å². The van der Waals surface area contributed by atoms with Gasteiger partial charge in [-0.15, -0.1) is 0 Å². The second-order valence-electron chi connectivity index (χ2n) is 4.33.